The number of halogens is 1. The van der Waals surface area contributed by atoms with Crippen molar-refractivity contribution < 1.29 is 19.1 Å². The van der Waals surface area contributed by atoms with E-state index in [1.807, 2.05) is 54.8 Å². The molecule has 2 heterocycles. The predicted molar refractivity (Wildman–Crippen MR) is 132 cm³/mol. The number of aromatic nitrogens is 2. The number of pyridine rings is 1. The van der Waals surface area contributed by atoms with Crippen LogP contribution in [0.3, 0.4) is 0 Å². The molecule has 0 aliphatic rings. The Bertz CT molecular complexity index is 1350. The van der Waals surface area contributed by atoms with Gasteiger partial charge < -0.3 is 19.4 Å². The fourth-order valence-corrected chi connectivity index (χ4v) is 3.97. The summed E-state index contributed by atoms with van der Waals surface area (Å²) < 4.78 is 12.7. The summed E-state index contributed by atoms with van der Waals surface area (Å²) in [5.41, 5.74) is 3.26. The lowest BCUT2D eigenvalue weighted by Crippen LogP contribution is -2.23. The van der Waals surface area contributed by atoms with Crippen molar-refractivity contribution in [3.05, 3.63) is 82.6 Å². The van der Waals surface area contributed by atoms with Gasteiger partial charge in [0.15, 0.2) is 0 Å². The third-order valence-electron chi connectivity index (χ3n) is 5.50. The number of Topliss-reactive ketones (excluding diaryl/α,β-unsaturated/α-hetero) is 1. The van der Waals surface area contributed by atoms with Gasteiger partial charge in [-0.25, -0.2) is 4.98 Å². The Morgan fingerprint density at radius 3 is 2.50 bits per heavy atom. The Morgan fingerprint density at radius 2 is 1.85 bits per heavy atom. The number of ether oxygens (including phenoxy) is 2. The average molecular weight is 478 g/mol. The van der Waals surface area contributed by atoms with Crippen molar-refractivity contribution in [2.45, 2.75) is 20.4 Å². The SMILES string of the molecule is CCOc1ccc(NC(=O)C(=O)c2c(C)n(Cc3ccc(Cl)cc3)c3ccc(OC)cc23)cn1. The van der Waals surface area contributed by atoms with Gasteiger partial charge >= 0.3 is 0 Å². The van der Waals surface area contributed by atoms with Gasteiger partial charge in [-0.1, -0.05) is 23.7 Å². The standard InChI is InChI=1S/C26H24ClN3O4/c1-4-34-23-12-9-19(14-28-23)29-26(32)25(31)24-16(2)30(15-17-5-7-18(27)8-6-17)22-11-10-20(33-3)13-21(22)24/h5-14H,4,15H2,1-3H3,(H,29,32). The molecule has 7 nitrogen and oxygen atoms in total. The number of rotatable bonds is 8. The van der Waals surface area contributed by atoms with Gasteiger partial charge in [-0.3, -0.25) is 9.59 Å². The molecule has 0 aliphatic carbocycles. The van der Waals surface area contributed by atoms with Gasteiger partial charge in [0.2, 0.25) is 5.88 Å². The van der Waals surface area contributed by atoms with Crippen LogP contribution in [0.4, 0.5) is 5.69 Å². The van der Waals surface area contributed by atoms with Crippen LogP contribution in [0.1, 0.15) is 28.5 Å². The molecular formula is C26H24ClN3O4. The minimum atomic E-state index is -0.748. The van der Waals surface area contributed by atoms with Crippen LogP contribution >= 0.6 is 11.6 Å². The van der Waals surface area contributed by atoms with Crippen LogP contribution in [-0.2, 0) is 11.3 Å². The molecule has 1 amide bonds. The summed E-state index contributed by atoms with van der Waals surface area (Å²) in [4.78, 5) is 30.4. The first-order valence-electron chi connectivity index (χ1n) is 10.8. The van der Waals surface area contributed by atoms with Gasteiger partial charge in [-0.2, -0.15) is 0 Å². The fourth-order valence-electron chi connectivity index (χ4n) is 3.84. The molecule has 4 aromatic rings. The summed E-state index contributed by atoms with van der Waals surface area (Å²) in [5, 5.41) is 3.93. The van der Waals surface area contributed by atoms with E-state index in [4.69, 9.17) is 21.1 Å². The largest absolute Gasteiger partial charge is 0.497 e. The molecule has 8 heteroatoms. The molecule has 0 unspecified atom stereocenters. The van der Waals surface area contributed by atoms with E-state index in [1.165, 1.54) is 6.20 Å². The number of carbonyl (C=O) groups excluding carboxylic acids is 2. The third kappa shape index (κ3) is 4.75. The minimum Gasteiger partial charge on any atom is -0.497 e. The zero-order chi connectivity index (χ0) is 24.2. The first kappa shape index (κ1) is 23.3. The summed E-state index contributed by atoms with van der Waals surface area (Å²) in [7, 11) is 1.56. The van der Waals surface area contributed by atoms with E-state index in [1.54, 1.807) is 25.3 Å². The van der Waals surface area contributed by atoms with E-state index in [-0.39, 0.29) is 0 Å². The van der Waals surface area contributed by atoms with E-state index >= 15 is 0 Å². The second-order valence-corrected chi connectivity index (χ2v) is 8.09. The highest BCUT2D eigenvalue weighted by molar-refractivity contribution is 6.48. The molecule has 1 N–H and O–H groups in total. The molecule has 0 fully saturated rings. The first-order chi connectivity index (χ1) is 16.4. The van der Waals surface area contributed by atoms with Crippen molar-refractivity contribution in [3.8, 4) is 11.6 Å². The monoisotopic (exact) mass is 477 g/mol. The Morgan fingerprint density at radius 1 is 1.09 bits per heavy atom. The van der Waals surface area contributed by atoms with Crippen LogP contribution in [-0.4, -0.2) is 35.0 Å². The summed E-state index contributed by atoms with van der Waals surface area (Å²) in [6.07, 6.45) is 1.45. The Hall–Kier alpha value is -3.84. The molecule has 0 bridgehead atoms. The van der Waals surface area contributed by atoms with Crippen molar-refractivity contribution in [1.29, 1.82) is 0 Å². The zero-order valence-electron chi connectivity index (χ0n) is 19.1. The highest BCUT2D eigenvalue weighted by atomic mass is 35.5. The number of anilines is 1. The quantitative estimate of drug-likeness (QED) is 0.276. The zero-order valence-corrected chi connectivity index (χ0v) is 19.8. The maximum Gasteiger partial charge on any atom is 0.296 e. The van der Waals surface area contributed by atoms with E-state index in [2.05, 4.69) is 10.3 Å². The van der Waals surface area contributed by atoms with Gasteiger partial charge in [0, 0.05) is 34.2 Å². The summed E-state index contributed by atoms with van der Waals surface area (Å²) >= 11 is 6.02. The summed E-state index contributed by atoms with van der Waals surface area (Å²) in [6.45, 7) is 4.70. The average Bonchev–Trinajstić information content (AvgIpc) is 3.11. The van der Waals surface area contributed by atoms with E-state index < -0.39 is 11.7 Å². The number of methoxy groups -OCH3 is 1. The summed E-state index contributed by atoms with van der Waals surface area (Å²) in [6, 6.07) is 16.3. The molecule has 2 aromatic carbocycles. The van der Waals surface area contributed by atoms with E-state index in [9.17, 15) is 9.59 Å². The number of nitrogens with zero attached hydrogens (tertiary/aromatic N) is 2. The number of hydrogen-bond acceptors (Lipinski definition) is 5. The molecule has 0 saturated carbocycles. The lowest BCUT2D eigenvalue weighted by molar-refractivity contribution is -0.112. The van der Waals surface area contributed by atoms with Crippen molar-refractivity contribution in [1.82, 2.24) is 9.55 Å². The number of ketones is 1. The van der Waals surface area contributed by atoms with Crippen LogP contribution in [0, 0.1) is 6.92 Å². The number of hydrogen-bond donors (Lipinski definition) is 1. The molecule has 0 aliphatic heterocycles. The molecule has 4 rings (SSSR count). The van der Waals surface area contributed by atoms with Gasteiger partial charge in [-0.05, 0) is 55.8 Å². The van der Waals surface area contributed by atoms with Crippen molar-refractivity contribution >= 4 is 39.9 Å². The van der Waals surface area contributed by atoms with Gasteiger partial charge in [0.1, 0.15) is 5.75 Å². The number of benzene rings is 2. The molecule has 2 aromatic heterocycles. The first-order valence-corrected chi connectivity index (χ1v) is 11.1. The van der Waals surface area contributed by atoms with Gasteiger partial charge in [0.25, 0.3) is 11.7 Å². The van der Waals surface area contributed by atoms with Crippen molar-refractivity contribution in [2.24, 2.45) is 0 Å². The Balaban J connectivity index is 1.69. The number of amides is 1. The fraction of sp³-hybridized carbons (Fsp3) is 0.192. The molecule has 174 valence electrons. The van der Waals surface area contributed by atoms with Gasteiger partial charge in [-0.15, -0.1) is 0 Å². The predicted octanol–water partition coefficient (Wildman–Crippen LogP) is 5.28. The van der Waals surface area contributed by atoms with E-state index in [0.717, 1.165) is 11.1 Å². The maximum absolute atomic E-state index is 13.3. The molecule has 0 atom stereocenters. The highest BCUT2D eigenvalue weighted by Gasteiger charge is 2.26. The van der Waals surface area contributed by atoms with Gasteiger partial charge in [0.05, 0.1) is 31.2 Å². The number of carbonyl (C=O) groups is 2. The van der Waals surface area contributed by atoms with Crippen LogP contribution < -0.4 is 14.8 Å². The van der Waals surface area contributed by atoms with Crippen molar-refractivity contribution in [2.75, 3.05) is 19.0 Å². The molecule has 0 saturated heterocycles. The molecular weight excluding hydrogens is 454 g/mol. The normalized spacial score (nSPS) is 10.8. The van der Waals surface area contributed by atoms with Crippen LogP contribution in [0.5, 0.6) is 11.6 Å². The molecule has 34 heavy (non-hydrogen) atoms. The van der Waals surface area contributed by atoms with Crippen LogP contribution in [0.15, 0.2) is 60.8 Å². The second kappa shape index (κ2) is 9.97. The van der Waals surface area contributed by atoms with Crippen LogP contribution in [0.25, 0.3) is 10.9 Å². The Labute approximate surface area is 202 Å². The highest BCUT2D eigenvalue weighted by Crippen LogP contribution is 2.31. The summed E-state index contributed by atoms with van der Waals surface area (Å²) in [5.74, 6) is -0.344. The molecule has 0 spiro atoms. The topological polar surface area (TPSA) is 82.5 Å². The van der Waals surface area contributed by atoms with E-state index in [0.29, 0.717) is 52.1 Å². The van der Waals surface area contributed by atoms with Crippen molar-refractivity contribution in [3.63, 3.8) is 0 Å². The molecule has 0 radical (unpaired) electrons. The Kier molecular flexibility index (Phi) is 6.84. The number of fused-ring (bicyclic) bond motifs is 1. The van der Waals surface area contributed by atoms with Crippen LogP contribution in [0.2, 0.25) is 5.02 Å². The lowest BCUT2D eigenvalue weighted by Gasteiger charge is -2.09. The smallest absolute Gasteiger partial charge is 0.296 e. The third-order valence-corrected chi connectivity index (χ3v) is 5.76. The maximum atomic E-state index is 13.3. The minimum absolute atomic E-state index is 0.333. The lowest BCUT2D eigenvalue weighted by atomic mass is 10.1. The number of nitrogens with one attached hydrogen (secondary N) is 1. The second-order valence-electron chi connectivity index (χ2n) is 7.66.